The number of aliphatic hydroxyl groups is 1. The summed E-state index contributed by atoms with van der Waals surface area (Å²) in [5.74, 6) is -0.468. The summed E-state index contributed by atoms with van der Waals surface area (Å²) in [5, 5.41) is 20.2. The fraction of sp³-hybridized carbons (Fsp3) is 0.625. The second kappa shape index (κ2) is 5.41. The van der Waals surface area contributed by atoms with Gasteiger partial charge in [0.2, 0.25) is 0 Å². The molecular weight excluding hydrogens is 302 g/mol. The quantitative estimate of drug-likeness (QED) is 0.451. The molecule has 19 heavy (non-hydrogen) atoms. The number of nitrogens with zero attached hydrogens (tertiary/aromatic N) is 3. The van der Waals surface area contributed by atoms with Gasteiger partial charge in [-0.3, -0.25) is 8.75 Å². The van der Waals surface area contributed by atoms with Gasteiger partial charge in [0.1, 0.15) is 11.8 Å². The largest absolute Gasteiger partial charge is 0.386 e. The molecule has 11 heteroatoms. The Morgan fingerprint density at radius 1 is 1.68 bits per heavy atom. The van der Waals surface area contributed by atoms with Crippen molar-refractivity contribution in [3.63, 3.8) is 0 Å². The first kappa shape index (κ1) is 15.8. The highest BCUT2D eigenvalue weighted by atomic mass is 35.5. The monoisotopic (exact) mass is 313 g/mol. The zero-order valence-corrected chi connectivity index (χ0v) is 11.7. The van der Waals surface area contributed by atoms with Gasteiger partial charge in [-0.15, -0.1) is 0 Å². The van der Waals surface area contributed by atoms with E-state index in [2.05, 4.69) is 9.17 Å². The van der Waals surface area contributed by atoms with Crippen LogP contribution >= 0.6 is 11.6 Å². The van der Waals surface area contributed by atoms with Crippen LogP contribution in [0.3, 0.4) is 0 Å². The van der Waals surface area contributed by atoms with Crippen molar-refractivity contribution >= 4 is 27.5 Å². The average Bonchev–Trinajstić information content (AvgIpc) is 2.56. The summed E-state index contributed by atoms with van der Waals surface area (Å²) in [6.07, 6.45) is 1.88. The summed E-state index contributed by atoms with van der Waals surface area (Å²) in [4.78, 5) is 13.2. The Hall–Kier alpha value is -1.23. The molecule has 1 aromatic heterocycles. The van der Waals surface area contributed by atoms with E-state index >= 15 is 0 Å². The van der Waals surface area contributed by atoms with E-state index in [0.717, 1.165) is 17.0 Å². The first-order chi connectivity index (χ1) is 8.50. The molecule has 0 aliphatic carbocycles. The van der Waals surface area contributed by atoms with Crippen molar-refractivity contribution in [3.8, 4) is 0 Å². The molecule has 1 aromatic rings. The van der Waals surface area contributed by atoms with E-state index in [9.17, 15) is 23.6 Å². The summed E-state index contributed by atoms with van der Waals surface area (Å²) in [6, 6.07) is 0. The Balaban J connectivity index is 2.80. The molecule has 0 spiro atoms. The van der Waals surface area contributed by atoms with Crippen LogP contribution in [0.25, 0.3) is 0 Å². The number of imidazole rings is 1. The van der Waals surface area contributed by atoms with Crippen LogP contribution in [-0.4, -0.2) is 46.5 Å². The molecule has 1 heterocycles. The number of nitro groups is 1. The van der Waals surface area contributed by atoms with Gasteiger partial charge in [0.05, 0.1) is 19.4 Å². The Bertz CT molecular complexity index is 581. The standard InChI is InChI=1S/C8H12ClN3O6S/c1-8(13,5-18-19(2,16)17)4-11-3-6(12(14)15)10-7(11)9/h3,13H,4-5H2,1-2H3/t8-/m0/s1. The molecule has 0 fully saturated rings. The topological polar surface area (TPSA) is 125 Å². The number of hydrogen-bond donors (Lipinski definition) is 1. The second-order valence-corrected chi connectivity index (χ2v) is 6.20. The molecule has 1 rings (SSSR count). The van der Waals surface area contributed by atoms with E-state index in [1.165, 1.54) is 6.92 Å². The minimum Gasteiger partial charge on any atom is -0.386 e. The van der Waals surface area contributed by atoms with Gasteiger partial charge in [-0.1, -0.05) is 0 Å². The molecule has 0 bridgehead atoms. The second-order valence-electron chi connectivity index (χ2n) is 4.22. The molecule has 0 saturated carbocycles. The van der Waals surface area contributed by atoms with Crippen molar-refractivity contribution in [2.24, 2.45) is 0 Å². The van der Waals surface area contributed by atoms with Crippen molar-refractivity contribution in [2.45, 2.75) is 19.1 Å². The number of halogens is 1. The highest BCUT2D eigenvalue weighted by Crippen LogP contribution is 2.19. The first-order valence-electron chi connectivity index (χ1n) is 4.94. The molecule has 0 amide bonds. The van der Waals surface area contributed by atoms with Gasteiger partial charge in [0.15, 0.2) is 0 Å². The van der Waals surface area contributed by atoms with Gasteiger partial charge in [-0.25, -0.2) is 0 Å². The molecule has 9 nitrogen and oxygen atoms in total. The minimum atomic E-state index is -3.69. The lowest BCUT2D eigenvalue weighted by molar-refractivity contribution is -0.389. The lowest BCUT2D eigenvalue weighted by Crippen LogP contribution is -2.36. The number of aromatic nitrogens is 2. The van der Waals surface area contributed by atoms with E-state index in [1.807, 2.05) is 0 Å². The minimum absolute atomic E-state index is 0.189. The molecule has 1 N–H and O–H groups in total. The third-order valence-electron chi connectivity index (χ3n) is 2.00. The van der Waals surface area contributed by atoms with Crippen molar-refractivity contribution in [2.75, 3.05) is 12.9 Å². The van der Waals surface area contributed by atoms with E-state index in [0.29, 0.717) is 0 Å². The van der Waals surface area contributed by atoms with Gasteiger partial charge in [0, 0.05) is 0 Å². The summed E-state index contributed by atoms with van der Waals surface area (Å²) in [6.45, 7) is 0.594. The zero-order valence-electron chi connectivity index (χ0n) is 10.1. The fourth-order valence-electron chi connectivity index (χ4n) is 1.23. The SMILES string of the molecule is C[C@@](O)(COS(C)(=O)=O)Cn1cc([N+](=O)[O-])nc1Cl. The van der Waals surface area contributed by atoms with Gasteiger partial charge >= 0.3 is 11.1 Å². The molecule has 0 aliphatic rings. The molecule has 0 saturated heterocycles. The molecule has 0 aromatic carbocycles. The highest BCUT2D eigenvalue weighted by Gasteiger charge is 2.27. The van der Waals surface area contributed by atoms with Crippen LogP contribution < -0.4 is 0 Å². The van der Waals surface area contributed by atoms with Crippen LogP contribution in [0, 0.1) is 10.1 Å². The van der Waals surface area contributed by atoms with Crippen molar-refractivity contribution in [3.05, 3.63) is 21.6 Å². The Morgan fingerprint density at radius 3 is 2.68 bits per heavy atom. The maximum absolute atomic E-state index is 10.8. The maximum Gasteiger partial charge on any atom is 0.383 e. The van der Waals surface area contributed by atoms with E-state index in [4.69, 9.17) is 11.6 Å². The Labute approximate surface area is 114 Å². The zero-order chi connectivity index (χ0) is 14.8. The Morgan fingerprint density at radius 2 is 2.26 bits per heavy atom. The van der Waals surface area contributed by atoms with E-state index in [-0.39, 0.29) is 11.8 Å². The highest BCUT2D eigenvalue weighted by molar-refractivity contribution is 7.85. The van der Waals surface area contributed by atoms with Crippen LogP contribution in [-0.2, 0) is 20.8 Å². The molecule has 0 radical (unpaired) electrons. The molecule has 108 valence electrons. The lowest BCUT2D eigenvalue weighted by Gasteiger charge is -2.22. The molecule has 0 unspecified atom stereocenters. The summed E-state index contributed by atoms with van der Waals surface area (Å²) in [5.41, 5.74) is -1.58. The van der Waals surface area contributed by atoms with Crippen molar-refractivity contribution in [1.82, 2.24) is 9.55 Å². The Kier molecular flexibility index (Phi) is 4.50. The summed E-state index contributed by atoms with van der Waals surface area (Å²) in [7, 11) is -3.69. The van der Waals surface area contributed by atoms with E-state index in [1.54, 1.807) is 0 Å². The third kappa shape index (κ3) is 5.11. The van der Waals surface area contributed by atoms with Crippen LogP contribution in [0.5, 0.6) is 0 Å². The lowest BCUT2D eigenvalue weighted by atomic mass is 10.1. The van der Waals surface area contributed by atoms with Gasteiger partial charge in [-0.2, -0.15) is 8.42 Å². The predicted octanol–water partition coefficient (Wildman–Crippen LogP) is 0.172. The maximum atomic E-state index is 10.8. The predicted molar refractivity (Wildman–Crippen MR) is 65.3 cm³/mol. The van der Waals surface area contributed by atoms with Crippen molar-refractivity contribution in [1.29, 1.82) is 0 Å². The smallest absolute Gasteiger partial charge is 0.383 e. The number of rotatable bonds is 6. The number of hydrogen-bond acceptors (Lipinski definition) is 7. The van der Waals surface area contributed by atoms with Gasteiger partial charge in [0.25, 0.3) is 10.1 Å². The summed E-state index contributed by atoms with van der Waals surface area (Å²) >= 11 is 5.66. The van der Waals surface area contributed by atoms with E-state index < -0.39 is 33.1 Å². The molecular formula is C8H12ClN3O6S. The first-order valence-corrected chi connectivity index (χ1v) is 7.13. The third-order valence-corrected chi connectivity index (χ3v) is 2.84. The molecule has 0 aliphatic heterocycles. The average molecular weight is 314 g/mol. The van der Waals surface area contributed by atoms with Crippen molar-refractivity contribution < 1.29 is 22.6 Å². The van der Waals surface area contributed by atoms with Gasteiger partial charge in [-0.05, 0) is 28.4 Å². The fourth-order valence-corrected chi connectivity index (χ4v) is 1.89. The normalized spacial score (nSPS) is 15.2. The van der Waals surface area contributed by atoms with Crippen LogP contribution in [0.4, 0.5) is 5.82 Å². The van der Waals surface area contributed by atoms with Crippen LogP contribution in [0.1, 0.15) is 6.92 Å². The summed E-state index contributed by atoms with van der Waals surface area (Å²) < 4.78 is 27.2. The van der Waals surface area contributed by atoms with Crippen LogP contribution in [0.15, 0.2) is 6.20 Å². The van der Waals surface area contributed by atoms with Gasteiger partial charge < -0.3 is 15.2 Å². The van der Waals surface area contributed by atoms with Crippen LogP contribution in [0.2, 0.25) is 5.28 Å². The molecule has 1 atom stereocenters.